The van der Waals surface area contributed by atoms with Gasteiger partial charge in [-0.05, 0) is 43.5 Å². The molecule has 0 radical (unpaired) electrons. The van der Waals surface area contributed by atoms with Crippen molar-refractivity contribution >= 4 is 17.3 Å². The second kappa shape index (κ2) is 4.56. The minimum atomic E-state index is 0.241. The third-order valence-corrected chi connectivity index (χ3v) is 3.09. The standard InChI is InChI=1S/C13H18N2O/c1-10-9-11(14)6-7-12(10)15-8-4-2-3-5-13(15)16/h6-7,9H,2-5,8,14H2,1H3. The van der Waals surface area contributed by atoms with Crippen molar-refractivity contribution in [2.45, 2.75) is 32.6 Å². The molecule has 1 saturated heterocycles. The zero-order chi connectivity index (χ0) is 11.5. The summed E-state index contributed by atoms with van der Waals surface area (Å²) in [5, 5.41) is 0. The Balaban J connectivity index is 2.30. The van der Waals surface area contributed by atoms with Gasteiger partial charge in [0, 0.05) is 24.3 Å². The van der Waals surface area contributed by atoms with E-state index in [1.807, 2.05) is 30.0 Å². The average molecular weight is 218 g/mol. The summed E-state index contributed by atoms with van der Waals surface area (Å²) in [5.74, 6) is 0.241. The Bertz CT molecular complexity index is 401. The van der Waals surface area contributed by atoms with Crippen LogP contribution in [0.5, 0.6) is 0 Å². The number of carbonyl (C=O) groups is 1. The zero-order valence-electron chi connectivity index (χ0n) is 9.70. The summed E-state index contributed by atoms with van der Waals surface area (Å²) in [7, 11) is 0. The van der Waals surface area contributed by atoms with Crippen LogP contribution in [-0.2, 0) is 4.79 Å². The summed E-state index contributed by atoms with van der Waals surface area (Å²) in [6, 6.07) is 5.74. The first kappa shape index (κ1) is 11.0. The molecule has 86 valence electrons. The van der Waals surface area contributed by atoms with Crippen LogP contribution >= 0.6 is 0 Å². The highest BCUT2D eigenvalue weighted by Gasteiger charge is 2.19. The van der Waals surface area contributed by atoms with E-state index in [1.54, 1.807) is 0 Å². The molecule has 1 amide bonds. The number of amides is 1. The minimum absolute atomic E-state index is 0.241. The maximum absolute atomic E-state index is 11.9. The van der Waals surface area contributed by atoms with Crippen molar-refractivity contribution in [3.63, 3.8) is 0 Å². The molecule has 0 bridgehead atoms. The first-order valence-electron chi connectivity index (χ1n) is 5.85. The van der Waals surface area contributed by atoms with Gasteiger partial charge in [-0.15, -0.1) is 0 Å². The second-order valence-corrected chi connectivity index (χ2v) is 4.40. The molecule has 3 nitrogen and oxygen atoms in total. The molecule has 2 N–H and O–H groups in total. The first-order valence-corrected chi connectivity index (χ1v) is 5.85. The van der Waals surface area contributed by atoms with Gasteiger partial charge < -0.3 is 10.6 Å². The van der Waals surface area contributed by atoms with Gasteiger partial charge in [0.2, 0.25) is 5.91 Å². The van der Waals surface area contributed by atoms with Crippen LogP contribution in [0, 0.1) is 6.92 Å². The third-order valence-electron chi connectivity index (χ3n) is 3.09. The van der Waals surface area contributed by atoms with Crippen LogP contribution in [0.3, 0.4) is 0 Å². The SMILES string of the molecule is Cc1cc(N)ccc1N1CCCCCC1=O. The molecule has 0 unspecified atom stereocenters. The van der Waals surface area contributed by atoms with Gasteiger partial charge in [0.15, 0.2) is 0 Å². The Morgan fingerprint density at radius 2 is 2.06 bits per heavy atom. The van der Waals surface area contributed by atoms with Crippen LogP contribution in [0.1, 0.15) is 31.2 Å². The predicted octanol–water partition coefficient (Wildman–Crippen LogP) is 2.48. The maximum Gasteiger partial charge on any atom is 0.226 e. The first-order chi connectivity index (χ1) is 7.68. The van der Waals surface area contributed by atoms with Crippen LogP contribution < -0.4 is 10.6 Å². The van der Waals surface area contributed by atoms with E-state index in [0.29, 0.717) is 6.42 Å². The molecule has 1 aromatic rings. The number of carbonyl (C=O) groups excluding carboxylic acids is 1. The number of nitrogens with zero attached hydrogens (tertiary/aromatic N) is 1. The maximum atomic E-state index is 11.9. The minimum Gasteiger partial charge on any atom is -0.399 e. The van der Waals surface area contributed by atoms with Crippen molar-refractivity contribution in [2.75, 3.05) is 17.2 Å². The summed E-state index contributed by atoms with van der Waals surface area (Å²) in [4.78, 5) is 13.9. The van der Waals surface area contributed by atoms with Crippen molar-refractivity contribution in [1.82, 2.24) is 0 Å². The number of hydrogen-bond donors (Lipinski definition) is 1. The van der Waals surface area contributed by atoms with E-state index in [2.05, 4.69) is 0 Å². The molecule has 16 heavy (non-hydrogen) atoms. The van der Waals surface area contributed by atoms with E-state index in [-0.39, 0.29) is 5.91 Å². The van der Waals surface area contributed by atoms with E-state index in [1.165, 1.54) is 0 Å². The van der Waals surface area contributed by atoms with Gasteiger partial charge in [-0.25, -0.2) is 0 Å². The number of nitrogens with two attached hydrogens (primary N) is 1. The van der Waals surface area contributed by atoms with Crippen molar-refractivity contribution in [1.29, 1.82) is 0 Å². The molecule has 1 fully saturated rings. The summed E-state index contributed by atoms with van der Waals surface area (Å²) in [5.41, 5.74) is 8.57. The monoisotopic (exact) mass is 218 g/mol. The van der Waals surface area contributed by atoms with Gasteiger partial charge in [0.25, 0.3) is 0 Å². The van der Waals surface area contributed by atoms with E-state index >= 15 is 0 Å². The van der Waals surface area contributed by atoms with Gasteiger partial charge >= 0.3 is 0 Å². The topological polar surface area (TPSA) is 46.3 Å². The van der Waals surface area contributed by atoms with Gasteiger partial charge in [0.05, 0.1) is 0 Å². The van der Waals surface area contributed by atoms with E-state index in [4.69, 9.17) is 5.73 Å². The Labute approximate surface area is 96.2 Å². The molecule has 1 aliphatic rings. The largest absolute Gasteiger partial charge is 0.399 e. The molecular weight excluding hydrogens is 200 g/mol. The quantitative estimate of drug-likeness (QED) is 0.736. The molecule has 3 heteroatoms. The molecule has 0 aromatic heterocycles. The fraction of sp³-hybridized carbons (Fsp3) is 0.462. The molecule has 0 saturated carbocycles. The number of nitrogen functional groups attached to an aromatic ring is 1. The summed E-state index contributed by atoms with van der Waals surface area (Å²) in [6.07, 6.45) is 3.93. The molecular formula is C13H18N2O. The molecule has 1 aliphatic heterocycles. The Hall–Kier alpha value is -1.51. The van der Waals surface area contributed by atoms with Gasteiger partial charge in [-0.2, -0.15) is 0 Å². The molecule has 1 aromatic carbocycles. The summed E-state index contributed by atoms with van der Waals surface area (Å²) >= 11 is 0. The smallest absolute Gasteiger partial charge is 0.226 e. The van der Waals surface area contributed by atoms with Gasteiger partial charge in [-0.3, -0.25) is 4.79 Å². The van der Waals surface area contributed by atoms with Crippen molar-refractivity contribution in [2.24, 2.45) is 0 Å². The van der Waals surface area contributed by atoms with Crippen molar-refractivity contribution in [3.8, 4) is 0 Å². The highest BCUT2D eigenvalue weighted by Crippen LogP contribution is 2.25. The van der Waals surface area contributed by atoms with E-state index < -0.39 is 0 Å². The number of benzene rings is 1. The van der Waals surface area contributed by atoms with Crippen LogP contribution in [0.25, 0.3) is 0 Å². The predicted molar refractivity (Wildman–Crippen MR) is 66.4 cm³/mol. The summed E-state index contributed by atoms with van der Waals surface area (Å²) in [6.45, 7) is 2.84. The molecule has 1 heterocycles. The average Bonchev–Trinajstić information content (AvgIpc) is 2.44. The highest BCUT2D eigenvalue weighted by molar-refractivity contribution is 5.94. The van der Waals surface area contributed by atoms with Crippen LogP contribution in [-0.4, -0.2) is 12.5 Å². The third kappa shape index (κ3) is 2.18. The lowest BCUT2D eigenvalue weighted by atomic mass is 10.1. The lowest BCUT2D eigenvalue weighted by molar-refractivity contribution is -0.118. The van der Waals surface area contributed by atoms with Gasteiger partial charge in [0.1, 0.15) is 0 Å². The van der Waals surface area contributed by atoms with Crippen LogP contribution in [0.15, 0.2) is 18.2 Å². The molecule has 2 rings (SSSR count). The Morgan fingerprint density at radius 3 is 2.81 bits per heavy atom. The number of aryl methyl sites for hydroxylation is 1. The number of anilines is 2. The lowest BCUT2D eigenvalue weighted by Crippen LogP contribution is -2.30. The lowest BCUT2D eigenvalue weighted by Gasteiger charge is -2.22. The Morgan fingerprint density at radius 1 is 1.25 bits per heavy atom. The van der Waals surface area contributed by atoms with Gasteiger partial charge in [-0.1, -0.05) is 6.42 Å². The molecule has 0 atom stereocenters. The second-order valence-electron chi connectivity index (χ2n) is 4.40. The highest BCUT2D eigenvalue weighted by atomic mass is 16.2. The van der Waals surface area contributed by atoms with Crippen LogP contribution in [0.4, 0.5) is 11.4 Å². The summed E-state index contributed by atoms with van der Waals surface area (Å²) < 4.78 is 0. The zero-order valence-corrected chi connectivity index (χ0v) is 9.70. The van der Waals surface area contributed by atoms with E-state index in [9.17, 15) is 4.79 Å². The number of rotatable bonds is 1. The molecule has 0 spiro atoms. The van der Waals surface area contributed by atoms with Crippen LogP contribution in [0.2, 0.25) is 0 Å². The number of hydrogen-bond acceptors (Lipinski definition) is 2. The normalized spacial score (nSPS) is 17.3. The fourth-order valence-corrected chi connectivity index (χ4v) is 2.22. The van der Waals surface area contributed by atoms with Crippen molar-refractivity contribution < 1.29 is 4.79 Å². The fourth-order valence-electron chi connectivity index (χ4n) is 2.22. The van der Waals surface area contributed by atoms with Crippen molar-refractivity contribution in [3.05, 3.63) is 23.8 Å². The van der Waals surface area contributed by atoms with E-state index in [0.717, 1.165) is 42.7 Å². The Kier molecular flexibility index (Phi) is 3.13. The molecule has 0 aliphatic carbocycles.